The molecule has 4 aromatic rings. The van der Waals surface area contributed by atoms with Gasteiger partial charge in [-0.1, -0.05) is 67.5 Å². The molecule has 0 aliphatic carbocycles. The van der Waals surface area contributed by atoms with Crippen molar-refractivity contribution in [1.29, 1.82) is 0 Å². The summed E-state index contributed by atoms with van der Waals surface area (Å²) in [6.07, 6.45) is 5.08. The first-order valence-corrected chi connectivity index (χ1v) is 10.1. The molecule has 0 radical (unpaired) electrons. The average molecular weight is 383 g/mol. The van der Waals surface area contributed by atoms with Crippen LogP contribution in [0.3, 0.4) is 0 Å². The Bertz CT molecular complexity index is 858. The van der Waals surface area contributed by atoms with E-state index in [-0.39, 0.29) is 0 Å². The van der Waals surface area contributed by atoms with E-state index in [9.17, 15) is 0 Å². The van der Waals surface area contributed by atoms with Gasteiger partial charge in [0.05, 0.1) is 0 Å². The molecule has 0 N–H and O–H groups in total. The quantitative estimate of drug-likeness (QED) is 0.442. The predicted molar refractivity (Wildman–Crippen MR) is 117 cm³/mol. The molecule has 0 bridgehead atoms. The number of fused-ring (bicyclic) bond motifs is 2. The van der Waals surface area contributed by atoms with Gasteiger partial charge in [0, 0.05) is 11.9 Å². The van der Waals surface area contributed by atoms with Crippen LogP contribution in [0.1, 0.15) is 78.5 Å². The summed E-state index contributed by atoms with van der Waals surface area (Å²) in [5.74, 6) is 0.980. The Labute approximate surface area is 168 Å². The molecule has 0 amide bonds. The lowest BCUT2D eigenvalue weighted by atomic mass is 10.1. The molecule has 152 valence electrons. The van der Waals surface area contributed by atoms with Gasteiger partial charge in [-0.25, -0.2) is 19.0 Å². The molecule has 4 aromatic heterocycles. The topological polar surface area (TPSA) is 60.4 Å². The fourth-order valence-electron chi connectivity index (χ4n) is 2.62. The molecule has 0 saturated carbocycles. The summed E-state index contributed by atoms with van der Waals surface area (Å²) in [6, 6.07) is 10.1. The minimum atomic E-state index is 0.482. The summed E-state index contributed by atoms with van der Waals surface area (Å²) in [5, 5.41) is 8.21. The molecule has 28 heavy (non-hydrogen) atoms. The first-order valence-electron chi connectivity index (χ1n) is 10.1. The third-order valence-corrected chi connectivity index (χ3v) is 3.88. The van der Waals surface area contributed by atoms with E-state index in [4.69, 9.17) is 0 Å². The van der Waals surface area contributed by atoms with E-state index in [1.165, 1.54) is 11.3 Å². The van der Waals surface area contributed by atoms with Crippen molar-refractivity contribution in [3.8, 4) is 0 Å². The van der Waals surface area contributed by atoms with E-state index in [0.717, 1.165) is 11.3 Å². The van der Waals surface area contributed by atoms with Crippen molar-refractivity contribution in [2.24, 2.45) is 0 Å². The maximum absolute atomic E-state index is 4.19. The van der Waals surface area contributed by atoms with Crippen LogP contribution < -0.4 is 0 Å². The zero-order chi connectivity index (χ0) is 21.1. The molecule has 0 aromatic carbocycles. The Morgan fingerprint density at radius 1 is 0.750 bits per heavy atom. The molecule has 0 saturated heterocycles. The largest absolute Gasteiger partial charge is 0.221 e. The van der Waals surface area contributed by atoms with Crippen LogP contribution in [0.25, 0.3) is 11.3 Å². The van der Waals surface area contributed by atoms with Gasteiger partial charge in [-0.05, 0) is 35.6 Å². The van der Waals surface area contributed by atoms with E-state index in [2.05, 4.69) is 60.0 Å². The van der Waals surface area contributed by atoms with Crippen LogP contribution in [0.4, 0.5) is 0 Å². The van der Waals surface area contributed by atoms with Crippen molar-refractivity contribution >= 4 is 11.3 Å². The third kappa shape index (κ3) is 5.62. The van der Waals surface area contributed by atoms with Crippen LogP contribution in [-0.2, 0) is 0 Å². The van der Waals surface area contributed by atoms with Gasteiger partial charge in [-0.15, -0.1) is 0 Å². The fraction of sp³-hybridized carbons (Fsp3) is 0.455. The highest BCUT2D eigenvalue weighted by Crippen LogP contribution is 2.17. The number of nitrogens with zero attached hydrogens (tertiary/aromatic N) is 6. The number of hydrogen-bond acceptors (Lipinski definition) is 4. The first-order chi connectivity index (χ1) is 13.6. The van der Waals surface area contributed by atoms with E-state index >= 15 is 0 Å². The third-order valence-electron chi connectivity index (χ3n) is 3.88. The highest BCUT2D eigenvalue weighted by Gasteiger charge is 2.05. The average Bonchev–Trinajstić information content (AvgIpc) is 3.40. The number of pyridine rings is 2. The van der Waals surface area contributed by atoms with Crippen LogP contribution in [0.5, 0.6) is 0 Å². The van der Waals surface area contributed by atoms with Gasteiger partial charge >= 0.3 is 0 Å². The summed E-state index contributed by atoms with van der Waals surface area (Å²) in [7, 11) is 0. The van der Waals surface area contributed by atoms with Crippen molar-refractivity contribution in [2.75, 3.05) is 0 Å². The lowest BCUT2D eigenvalue weighted by Gasteiger charge is -2.05. The van der Waals surface area contributed by atoms with Gasteiger partial charge in [-0.3, -0.25) is 0 Å². The van der Waals surface area contributed by atoms with Crippen LogP contribution in [0.15, 0.2) is 49.2 Å². The highest BCUT2D eigenvalue weighted by atomic mass is 15.3. The molecule has 0 fully saturated rings. The van der Waals surface area contributed by atoms with E-state index < -0.39 is 0 Å². The maximum Gasteiger partial charge on any atom is 0.158 e. The number of hydrogen-bond donors (Lipinski definition) is 0. The fourth-order valence-corrected chi connectivity index (χ4v) is 2.62. The first kappa shape index (κ1) is 23.3. The lowest BCUT2D eigenvalue weighted by Crippen LogP contribution is -1.99. The standard InChI is InChI=1S/2C9H11N3.2C2H6/c1-7(2)8-4-3-5-12-9(8)10-6-11-12;1-7(2)8-4-3-5-9-10-6-11-12(8)9;2*1-2/h2*3-7H,1-2H3;2*1-2H3. The molecule has 0 unspecified atom stereocenters. The number of rotatable bonds is 2. The van der Waals surface area contributed by atoms with Gasteiger partial charge in [0.25, 0.3) is 0 Å². The zero-order valence-corrected chi connectivity index (χ0v) is 18.5. The number of aromatic nitrogens is 6. The Balaban J connectivity index is 0.000000238. The van der Waals surface area contributed by atoms with Crippen molar-refractivity contribution in [3.05, 3.63) is 60.4 Å². The molecule has 6 nitrogen and oxygen atoms in total. The predicted octanol–water partition coefficient (Wildman–Crippen LogP) is 5.76. The van der Waals surface area contributed by atoms with Crippen LogP contribution in [-0.4, -0.2) is 29.2 Å². The minimum Gasteiger partial charge on any atom is -0.221 e. The van der Waals surface area contributed by atoms with Gasteiger partial charge in [0.1, 0.15) is 12.7 Å². The van der Waals surface area contributed by atoms with E-state index in [1.807, 2.05) is 56.6 Å². The molecule has 6 heteroatoms. The minimum absolute atomic E-state index is 0.482. The molecule has 0 aliphatic heterocycles. The van der Waals surface area contributed by atoms with Crippen molar-refractivity contribution in [1.82, 2.24) is 29.2 Å². The Hall–Kier alpha value is -2.76. The molecule has 0 spiro atoms. The second-order valence-corrected chi connectivity index (χ2v) is 6.28. The second-order valence-electron chi connectivity index (χ2n) is 6.28. The summed E-state index contributed by atoms with van der Waals surface area (Å²) in [4.78, 5) is 8.31. The summed E-state index contributed by atoms with van der Waals surface area (Å²) < 4.78 is 3.68. The van der Waals surface area contributed by atoms with Gasteiger partial charge in [-0.2, -0.15) is 10.2 Å². The maximum atomic E-state index is 4.19. The zero-order valence-electron chi connectivity index (χ0n) is 18.5. The highest BCUT2D eigenvalue weighted by molar-refractivity contribution is 5.47. The van der Waals surface area contributed by atoms with Crippen molar-refractivity contribution in [3.63, 3.8) is 0 Å². The second kappa shape index (κ2) is 11.8. The van der Waals surface area contributed by atoms with Gasteiger partial charge in [0.15, 0.2) is 11.3 Å². The van der Waals surface area contributed by atoms with Gasteiger partial charge < -0.3 is 0 Å². The molecule has 0 aliphatic rings. The summed E-state index contributed by atoms with van der Waals surface area (Å²) in [5.41, 5.74) is 4.33. The summed E-state index contributed by atoms with van der Waals surface area (Å²) in [6.45, 7) is 16.6. The Kier molecular flexibility index (Phi) is 9.85. The smallest absolute Gasteiger partial charge is 0.158 e. The van der Waals surface area contributed by atoms with E-state index in [0.29, 0.717) is 11.8 Å². The van der Waals surface area contributed by atoms with E-state index in [1.54, 1.807) is 17.2 Å². The van der Waals surface area contributed by atoms with Crippen LogP contribution in [0.2, 0.25) is 0 Å². The molecule has 4 heterocycles. The van der Waals surface area contributed by atoms with Crippen LogP contribution >= 0.6 is 0 Å². The van der Waals surface area contributed by atoms with Crippen molar-refractivity contribution in [2.45, 2.75) is 67.2 Å². The normalized spacial score (nSPS) is 10.1. The monoisotopic (exact) mass is 382 g/mol. The van der Waals surface area contributed by atoms with Gasteiger partial charge in [0.2, 0.25) is 0 Å². The Morgan fingerprint density at radius 2 is 1.43 bits per heavy atom. The van der Waals surface area contributed by atoms with Crippen molar-refractivity contribution < 1.29 is 0 Å². The molecule has 0 atom stereocenters. The van der Waals surface area contributed by atoms with Crippen LogP contribution in [0, 0.1) is 0 Å². The molecule has 4 rings (SSSR count). The molecular weight excluding hydrogens is 348 g/mol. The SMILES string of the molecule is CC.CC.CC(C)c1cccc2ncnn12.CC(C)c1cccn2ncnc12. The Morgan fingerprint density at radius 3 is 2.07 bits per heavy atom. The lowest BCUT2D eigenvalue weighted by molar-refractivity contribution is 0.757. The molecular formula is C22H34N6. The summed E-state index contributed by atoms with van der Waals surface area (Å²) >= 11 is 0.